The number of carbonyl (C=O) groups excluding carboxylic acids is 3. The Morgan fingerprint density at radius 1 is 1.16 bits per heavy atom. The van der Waals surface area contributed by atoms with E-state index in [1.54, 1.807) is 12.1 Å². The summed E-state index contributed by atoms with van der Waals surface area (Å²) in [5.41, 5.74) is 4.42. The number of nitrogens with zero attached hydrogens (tertiary/aromatic N) is 1. The Balaban J connectivity index is 1.58. The molecule has 1 aliphatic rings. The minimum absolute atomic E-state index is 0.0462. The summed E-state index contributed by atoms with van der Waals surface area (Å²) in [5, 5.41) is 3.44. The molecule has 31 heavy (non-hydrogen) atoms. The number of rotatable bonds is 7. The lowest BCUT2D eigenvalue weighted by molar-refractivity contribution is -0.151. The maximum absolute atomic E-state index is 12.5. The molecule has 1 heterocycles. The summed E-state index contributed by atoms with van der Waals surface area (Å²) in [7, 11) is 0. The third kappa shape index (κ3) is 5.25. The summed E-state index contributed by atoms with van der Waals surface area (Å²) < 4.78 is 5.23. The average molecular weight is 443 g/mol. The van der Waals surface area contributed by atoms with Crippen molar-refractivity contribution in [2.24, 2.45) is 5.92 Å². The first kappa shape index (κ1) is 22.8. The van der Waals surface area contributed by atoms with Gasteiger partial charge in [0.2, 0.25) is 5.91 Å². The standard InChI is InChI=1S/C24H27ClN2O4/c1-4-16-7-6-8-17(5-2)23(16)26-21(28)14-31-24(30)18-11-22(29)27(13-18)19-10-9-15(3)20(25)12-19/h6-10,12,18H,4-5,11,13-14H2,1-3H3,(H,26,28)/t18-/m0/s1. The quantitative estimate of drug-likeness (QED) is 0.648. The highest BCUT2D eigenvalue weighted by Crippen LogP contribution is 2.29. The van der Waals surface area contributed by atoms with Crippen LogP contribution in [0, 0.1) is 12.8 Å². The Bertz CT molecular complexity index is 983. The van der Waals surface area contributed by atoms with Gasteiger partial charge in [-0.3, -0.25) is 14.4 Å². The van der Waals surface area contributed by atoms with E-state index < -0.39 is 17.8 Å². The lowest BCUT2D eigenvalue weighted by Crippen LogP contribution is -2.28. The summed E-state index contributed by atoms with van der Waals surface area (Å²) in [6.45, 7) is 5.74. The number of halogens is 1. The highest BCUT2D eigenvalue weighted by molar-refractivity contribution is 6.31. The Hall–Kier alpha value is -2.86. The molecule has 0 aliphatic carbocycles. The Kier molecular flexibility index (Phi) is 7.33. The van der Waals surface area contributed by atoms with E-state index in [1.807, 2.05) is 45.0 Å². The normalized spacial score (nSPS) is 15.8. The number of para-hydroxylation sites is 1. The Morgan fingerprint density at radius 2 is 1.84 bits per heavy atom. The number of hydrogen-bond donors (Lipinski definition) is 1. The van der Waals surface area contributed by atoms with Crippen molar-refractivity contribution in [3.05, 3.63) is 58.1 Å². The van der Waals surface area contributed by atoms with Crippen LogP contribution in [0.4, 0.5) is 11.4 Å². The zero-order valence-electron chi connectivity index (χ0n) is 18.0. The van der Waals surface area contributed by atoms with E-state index in [0.29, 0.717) is 10.7 Å². The molecule has 1 fully saturated rings. The van der Waals surface area contributed by atoms with Crippen molar-refractivity contribution in [2.45, 2.75) is 40.0 Å². The van der Waals surface area contributed by atoms with Crippen molar-refractivity contribution in [2.75, 3.05) is 23.4 Å². The summed E-state index contributed by atoms with van der Waals surface area (Å²) in [6.07, 6.45) is 1.61. The molecule has 1 N–H and O–H groups in total. The fraction of sp³-hybridized carbons (Fsp3) is 0.375. The van der Waals surface area contributed by atoms with Crippen LogP contribution in [0.1, 0.15) is 37.0 Å². The first-order chi connectivity index (χ1) is 14.8. The van der Waals surface area contributed by atoms with Gasteiger partial charge in [-0.15, -0.1) is 0 Å². The molecule has 1 atom stereocenters. The summed E-state index contributed by atoms with van der Waals surface area (Å²) >= 11 is 6.16. The molecule has 7 heteroatoms. The Labute approximate surface area is 187 Å². The van der Waals surface area contributed by atoms with Gasteiger partial charge in [0, 0.05) is 29.4 Å². The predicted molar refractivity (Wildman–Crippen MR) is 121 cm³/mol. The van der Waals surface area contributed by atoms with Crippen LogP contribution in [0.3, 0.4) is 0 Å². The second-order valence-electron chi connectivity index (χ2n) is 7.65. The minimum atomic E-state index is -0.616. The number of anilines is 2. The van der Waals surface area contributed by atoms with E-state index >= 15 is 0 Å². The highest BCUT2D eigenvalue weighted by Gasteiger charge is 2.36. The summed E-state index contributed by atoms with van der Waals surface area (Å²) in [6, 6.07) is 11.3. The van der Waals surface area contributed by atoms with Crippen LogP contribution in [-0.2, 0) is 32.0 Å². The van der Waals surface area contributed by atoms with Crippen LogP contribution in [-0.4, -0.2) is 30.9 Å². The number of ether oxygens (including phenoxy) is 1. The molecular formula is C24H27ClN2O4. The van der Waals surface area contributed by atoms with Gasteiger partial charge in [-0.05, 0) is 48.6 Å². The predicted octanol–water partition coefficient (Wildman–Crippen LogP) is 4.31. The molecule has 1 saturated heterocycles. The van der Waals surface area contributed by atoms with E-state index in [2.05, 4.69) is 5.32 Å². The zero-order chi connectivity index (χ0) is 22.5. The molecule has 0 bridgehead atoms. The van der Waals surface area contributed by atoms with Gasteiger partial charge >= 0.3 is 5.97 Å². The molecule has 164 valence electrons. The van der Waals surface area contributed by atoms with Gasteiger partial charge in [0.15, 0.2) is 6.61 Å². The van der Waals surface area contributed by atoms with Crippen molar-refractivity contribution in [3.8, 4) is 0 Å². The van der Waals surface area contributed by atoms with Gasteiger partial charge < -0.3 is 15.0 Å². The summed E-state index contributed by atoms with van der Waals surface area (Å²) in [4.78, 5) is 38.8. The molecule has 1 aliphatic heterocycles. The number of amides is 2. The van der Waals surface area contributed by atoms with Crippen molar-refractivity contribution in [3.63, 3.8) is 0 Å². The van der Waals surface area contributed by atoms with Crippen LogP contribution in [0.15, 0.2) is 36.4 Å². The maximum Gasteiger partial charge on any atom is 0.311 e. The second kappa shape index (κ2) is 9.96. The van der Waals surface area contributed by atoms with E-state index in [9.17, 15) is 14.4 Å². The van der Waals surface area contributed by atoms with Gasteiger partial charge in [0.05, 0.1) is 5.92 Å². The first-order valence-corrected chi connectivity index (χ1v) is 10.9. The van der Waals surface area contributed by atoms with Crippen LogP contribution < -0.4 is 10.2 Å². The SMILES string of the molecule is CCc1cccc(CC)c1NC(=O)COC(=O)[C@H]1CC(=O)N(c2ccc(C)c(Cl)c2)C1. The van der Waals surface area contributed by atoms with E-state index in [1.165, 1.54) is 4.90 Å². The van der Waals surface area contributed by atoms with Crippen molar-refractivity contribution < 1.29 is 19.1 Å². The van der Waals surface area contributed by atoms with Crippen LogP contribution in [0.25, 0.3) is 0 Å². The minimum Gasteiger partial charge on any atom is -0.455 e. The van der Waals surface area contributed by atoms with E-state index in [4.69, 9.17) is 16.3 Å². The summed E-state index contributed by atoms with van der Waals surface area (Å²) in [5.74, 6) is -1.73. The molecule has 2 aromatic carbocycles. The third-order valence-electron chi connectivity index (χ3n) is 5.53. The lowest BCUT2D eigenvalue weighted by atomic mass is 10.0. The molecular weight excluding hydrogens is 416 g/mol. The number of carbonyl (C=O) groups is 3. The molecule has 0 aromatic heterocycles. The van der Waals surface area contributed by atoms with E-state index in [0.717, 1.165) is 35.2 Å². The molecule has 2 aromatic rings. The topological polar surface area (TPSA) is 75.7 Å². The fourth-order valence-corrected chi connectivity index (χ4v) is 3.87. The fourth-order valence-electron chi connectivity index (χ4n) is 3.70. The molecule has 0 unspecified atom stereocenters. The number of esters is 1. The molecule has 6 nitrogen and oxygen atoms in total. The molecule has 3 rings (SSSR count). The average Bonchev–Trinajstić information content (AvgIpc) is 3.15. The number of hydrogen-bond acceptors (Lipinski definition) is 4. The zero-order valence-corrected chi connectivity index (χ0v) is 18.8. The smallest absolute Gasteiger partial charge is 0.311 e. The van der Waals surface area contributed by atoms with Crippen LogP contribution in [0.5, 0.6) is 0 Å². The van der Waals surface area contributed by atoms with Crippen molar-refractivity contribution in [1.82, 2.24) is 0 Å². The third-order valence-corrected chi connectivity index (χ3v) is 5.94. The number of benzene rings is 2. The van der Waals surface area contributed by atoms with Crippen LogP contribution in [0.2, 0.25) is 5.02 Å². The van der Waals surface area contributed by atoms with Gasteiger partial charge in [-0.1, -0.05) is 49.7 Å². The van der Waals surface area contributed by atoms with Gasteiger partial charge in [0.25, 0.3) is 5.91 Å². The van der Waals surface area contributed by atoms with Crippen molar-refractivity contribution in [1.29, 1.82) is 0 Å². The largest absolute Gasteiger partial charge is 0.455 e. The molecule has 0 saturated carbocycles. The Morgan fingerprint density at radius 3 is 2.45 bits per heavy atom. The highest BCUT2D eigenvalue weighted by atomic mass is 35.5. The number of nitrogens with one attached hydrogen (secondary N) is 1. The van der Waals surface area contributed by atoms with Gasteiger partial charge in [-0.25, -0.2) is 0 Å². The lowest BCUT2D eigenvalue weighted by Gasteiger charge is -2.17. The van der Waals surface area contributed by atoms with Gasteiger partial charge in [0.1, 0.15) is 0 Å². The van der Waals surface area contributed by atoms with E-state index in [-0.39, 0.29) is 25.5 Å². The van der Waals surface area contributed by atoms with Crippen LogP contribution >= 0.6 is 11.6 Å². The molecule has 0 radical (unpaired) electrons. The first-order valence-electron chi connectivity index (χ1n) is 10.5. The number of aryl methyl sites for hydroxylation is 3. The second-order valence-corrected chi connectivity index (χ2v) is 8.06. The monoisotopic (exact) mass is 442 g/mol. The van der Waals surface area contributed by atoms with Crippen molar-refractivity contribution >= 4 is 40.8 Å². The van der Waals surface area contributed by atoms with Gasteiger partial charge in [-0.2, -0.15) is 0 Å². The molecule has 0 spiro atoms. The molecule has 2 amide bonds. The maximum atomic E-state index is 12.5.